The van der Waals surface area contributed by atoms with E-state index < -0.39 is 32.4 Å². The Kier molecular flexibility index (Phi) is 4.32. The van der Waals surface area contributed by atoms with Crippen molar-refractivity contribution in [1.82, 2.24) is 4.98 Å². The summed E-state index contributed by atoms with van der Waals surface area (Å²) in [5.41, 5.74) is -1.73. The lowest BCUT2D eigenvalue weighted by Crippen LogP contribution is -2.10. The Morgan fingerprint density at radius 3 is 2.45 bits per heavy atom. The second kappa shape index (κ2) is 5.75. The van der Waals surface area contributed by atoms with Gasteiger partial charge in [0.2, 0.25) is 0 Å². The Bertz CT molecular complexity index is 810. The summed E-state index contributed by atoms with van der Waals surface area (Å²) < 4.78 is 70.5. The molecule has 0 aliphatic rings. The summed E-state index contributed by atoms with van der Waals surface area (Å²) in [5.74, 6) is 0. The average Bonchev–Trinajstić information content (AvgIpc) is 2.39. The molecule has 2 rings (SSSR count). The highest BCUT2D eigenvalue weighted by Crippen LogP contribution is 2.38. The molecule has 0 amide bonds. The van der Waals surface area contributed by atoms with Crippen LogP contribution >= 0.6 is 11.6 Å². The molecule has 1 heterocycles. The van der Waals surface area contributed by atoms with Crippen molar-refractivity contribution in [3.05, 3.63) is 47.2 Å². The highest BCUT2D eigenvalue weighted by molar-refractivity contribution is 7.86. The summed E-state index contributed by atoms with van der Waals surface area (Å²) in [6.45, 7) is 0. The SMILES string of the molecule is O=S(=O)(O)c1cnccc1Nc1ccc(Cl)cc1C(F)(F)F. The lowest BCUT2D eigenvalue weighted by Gasteiger charge is -2.16. The Hall–Kier alpha value is -1.84. The predicted octanol–water partition coefficient (Wildman–Crippen LogP) is 3.74. The van der Waals surface area contributed by atoms with Gasteiger partial charge in [-0.25, -0.2) is 0 Å². The van der Waals surface area contributed by atoms with Crippen LogP contribution in [0.2, 0.25) is 5.02 Å². The van der Waals surface area contributed by atoms with Gasteiger partial charge in [0.25, 0.3) is 10.1 Å². The number of aromatic nitrogens is 1. The number of hydrogen-bond acceptors (Lipinski definition) is 4. The van der Waals surface area contributed by atoms with Crippen LogP contribution in [0.4, 0.5) is 24.5 Å². The van der Waals surface area contributed by atoms with Crippen molar-refractivity contribution >= 4 is 33.1 Å². The van der Waals surface area contributed by atoms with Gasteiger partial charge in [-0.05, 0) is 24.3 Å². The summed E-state index contributed by atoms with van der Waals surface area (Å²) in [6.07, 6.45) is -2.71. The van der Waals surface area contributed by atoms with Gasteiger partial charge >= 0.3 is 6.18 Å². The first-order valence-electron chi connectivity index (χ1n) is 5.64. The molecule has 0 spiro atoms. The number of alkyl halides is 3. The number of pyridine rings is 1. The predicted molar refractivity (Wildman–Crippen MR) is 73.8 cm³/mol. The minimum absolute atomic E-state index is 0.123. The van der Waals surface area contributed by atoms with Crippen molar-refractivity contribution in [3.8, 4) is 0 Å². The fraction of sp³-hybridized carbons (Fsp3) is 0.0833. The molecule has 0 aliphatic carbocycles. The maximum atomic E-state index is 13.0. The molecule has 2 aromatic rings. The summed E-state index contributed by atoms with van der Waals surface area (Å²) in [4.78, 5) is 2.88. The van der Waals surface area contributed by atoms with E-state index >= 15 is 0 Å². The topological polar surface area (TPSA) is 79.3 Å². The van der Waals surface area contributed by atoms with Crippen molar-refractivity contribution in [2.45, 2.75) is 11.1 Å². The number of benzene rings is 1. The molecule has 0 aliphatic heterocycles. The van der Waals surface area contributed by atoms with Crippen molar-refractivity contribution in [2.24, 2.45) is 0 Å². The first-order chi connectivity index (χ1) is 10.1. The maximum absolute atomic E-state index is 13.0. The number of anilines is 2. The van der Waals surface area contributed by atoms with Gasteiger partial charge in [0.15, 0.2) is 0 Å². The lowest BCUT2D eigenvalue weighted by atomic mass is 10.1. The third kappa shape index (κ3) is 3.67. The molecule has 0 bridgehead atoms. The molecular formula is C12H8ClF3N2O3S. The normalized spacial score (nSPS) is 12.2. The molecule has 0 unspecified atom stereocenters. The Morgan fingerprint density at radius 2 is 1.86 bits per heavy atom. The van der Waals surface area contributed by atoms with E-state index in [1.807, 2.05) is 0 Å². The van der Waals surface area contributed by atoms with Gasteiger partial charge in [-0.3, -0.25) is 9.54 Å². The van der Waals surface area contributed by atoms with Crippen LogP contribution < -0.4 is 5.32 Å². The van der Waals surface area contributed by atoms with E-state index in [0.29, 0.717) is 6.07 Å². The summed E-state index contributed by atoms with van der Waals surface area (Å²) in [5, 5.41) is 2.20. The molecule has 1 aromatic carbocycles. The van der Waals surface area contributed by atoms with E-state index in [-0.39, 0.29) is 10.7 Å². The summed E-state index contributed by atoms with van der Waals surface area (Å²) >= 11 is 5.56. The highest BCUT2D eigenvalue weighted by atomic mass is 35.5. The maximum Gasteiger partial charge on any atom is 0.418 e. The third-order valence-corrected chi connectivity index (χ3v) is 3.74. The zero-order chi connectivity index (χ0) is 16.5. The zero-order valence-corrected chi connectivity index (χ0v) is 12.2. The molecule has 0 atom stereocenters. The van der Waals surface area contributed by atoms with Crippen molar-refractivity contribution in [1.29, 1.82) is 0 Å². The fourth-order valence-corrected chi connectivity index (χ4v) is 2.46. The van der Waals surface area contributed by atoms with E-state index in [2.05, 4.69) is 10.3 Å². The van der Waals surface area contributed by atoms with Crippen LogP contribution in [0.5, 0.6) is 0 Å². The van der Waals surface area contributed by atoms with Gasteiger partial charge in [-0.15, -0.1) is 0 Å². The number of hydrogen-bond donors (Lipinski definition) is 2. The average molecular weight is 353 g/mol. The van der Waals surface area contributed by atoms with Crippen LogP contribution in [-0.4, -0.2) is 18.0 Å². The smallest absolute Gasteiger partial charge is 0.354 e. The van der Waals surface area contributed by atoms with Crippen LogP contribution in [0, 0.1) is 0 Å². The molecule has 118 valence electrons. The molecule has 2 N–H and O–H groups in total. The minimum atomic E-state index is -4.70. The van der Waals surface area contributed by atoms with Crippen LogP contribution in [0.25, 0.3) is 0 Å². The van der Waals surface area contributed by atoms with Gasteiger partial charge in [0, 0.05) is 11.2 Å². The van der Waals surface area contributed by atoms with E-state index in [4.69, 9.17) is 16.2 Å². The van der Waals surface area contributed by atoms with Gasteiger partial charge in [-0.1, -0.05) is 11.6 Å². The molecular weight excluding hydrogens is 345 g/mol. The van der Waals surface area contributed by atoms with Crippen molar-refractivity contribution in [3.63, 3.8) is 0 Å². The van der Waals surface area contributed by atoms with E-state index in [1.54, 1.807) is 0 Å². The number of halogens is 4. The summed E-state index contributed by atoms with van der Waals surface area (Å²) in [7, 11) is -4.64. The standard InChI is InChI=1S/C12H8ClF3N2O3S/c13-7-1-2-9(8(5-7)12(14,15)16)18-10-3-4-17-6-11(10)22(19,20)21/h1-6H,(H,17,18)(H,19,20,21). The third-order valence-electron chi connectivity index (χ3n) is 2.62. The van der Waals surface area contributed by atoms with Gasteiger partial charge in [0.05, 0.1) is 23.1 Å². The molecule has 1 aromatic heterocycles. The van der Waals surface area contributed by atoms with Crippen LogP contribution in [0.3, 0.4) is 0 Å². The number of nitrogens with one attached hydrogen (secondary N) is 1. The monoisotopic (exact) mass is 352 g/mol. The van der Waals surface area contributed by atoms with Crippen molar-refractivity contribution < 1.29 is 26.1 Å². The Labute approximate surface area is 128 Å². The first-order valence-corrected chi connectivity index (χ1v) is 7.46. The zero-order valence-electron chi connectivity index (χ0n) is 10.6. The van der Waals surface area contributed by atoms with Gasteiger partial charge in [-0.2, -0.15) is 21.6 Å². The molecule has 22 heavy (non-hydrogen) atoms. The summed E-state index contributed by atoms with van der Waals surface area (Å²) in [6, 6.07) is 4.10. The number of nitrogens with zero attached hydrogens (tertiary/aromatic N) is 1. The van der Waals surface area contributed by atoms with E-state index in [0.717, 1.165) is 18.3 Å². The molecule has 0 saturated carbocycles. The molecule has 0 radical (unpaired) electrons. The van der Waals surface area contributed by atoms with Crippen molar-refractivity contribution in [2.75, 3.05) is 5.32 Å². The van der Waals surface area contributed by atoms with Gasteiger partial charge in [0.1, 0.15) is 4.90 Å². The second-order valence-corrected chi connectivity index (χ2v) is 5.99. The Morgan fingerprint density at radius 1 is 1.18 bits per heavy atom. The van der Waals surface area contributed by atoms with Gasteiger partial charge < -0.3 is 5.32 Å². The lowest BCUT2D eigenvalue weighted by molar-refractivity contribution is -0.136. The van der Waals surface area contributed by atoms with Crippen LogP contribution in [-0.2, 0) is 16.3 Å². The van der Waals surface area contributed by atoms with E-state index in [1.165, 1.54) is 12.3 Å². The van der Waals surface area contributed by atoms with E-state index in [9.17, 15) is 21.6 Å². The Balaban J connectivity index is 2.54. The fourth-order valence-electron chi connectivity index (χ4n) is 1.69. The molecule has 0 fully saturated rings. The molecule has 5 nitrogen and oxygen atoms in total. The highest BCUT2D eigenvalue weighted by Gasteiger charge is 2.34. The first kappa shape index (κ1) is 16.5. The molecule has 0 saturated heterocycles. The minimum Gasteiger partial charge on any atom is -0.354 e. The quantitative estimate of drug-likeness (QED) is 0.822. The second-order valence-electron chi connectivity index (χ2n) is 4.16. The largest absolute Gasteiger partial charge is 0.418 e. The van der Waals surface area contributed by atoms with Crippen LogP contribution in [0.1, 0.15) is 5.56 Å². The van der Waals surface area contributed by atoms with Crippen LogP contribution in [0.15, 0.2) is 41.6 Å². The molecule has 10 heteroatoms. The number of rotatable bonds is 3.